The summed E-state index contributed by atoms with van der Waals surface area (Å²) in [5, 5.41) is 0. The van der Waals surface area contributed by atoms with Gasteiger partial charge in [0.05, 0.1) is 0 Å². The Morgan fingerprint density at radius 3 is 1.83 bits per heavy atom. The van der Waals surface area contributed by atoms with E-state index in [2.05, 4.69) is 13.8 Å². The fraction of sp³-hybridized carbons (Fsp3) is 1.00. The molecule has 0 spiro atoms. The third-order valence-corrected chi connectivity index (χ3v) is 1.91. The minimum Gasteiger partial charge on any atom is -1.00 e. The molecule has 0 amide bonds. The van der Waals surface area contributed by atoms with E-state index in [9.17, 15) is 0 Å². The molecular weight excluding hydrogens is 149 g/mol. The molecule has 0 heterocycles. The minimum atomic E-state index is 0. The molecule has 0 saturated carbocycles. The van der Waals surface area contributed by atoms with Gasteiger partial charge in [-0.05, 0) is 0 Å². The first-order valence-corrected chi connectivity index (χ1v) is 3.81. The van der Waals surface area contributed by atoms with Gasteiger partial charge >= 0.3 is 43.1 Å². The van der Waals surface area contributed by atoms with E-state index in [-0.39, 0.29) is 12.4 Å². The van der Waals surface area contributed by atoms with Crippen molar-refractivity contribution >= 4 is 0 Å². The van der Waals surface area contributed by atoms with E-state index in [0.717, 1.165) is 4.51 Å². The quantitative estimate of drug-likeness (QED) is 0.418. The first kappa shape index (κ1) is 10.0. The zero-order valence-electron chi connectivity index (χ0n) is 4.37. The summed E-state index contributed by atoms with van der Waals surface area (Å²) in [6.07, 6.45) is 1.36. The van der Waals surface area contributed by atoms with Crippen molar-refractivity contribution in [1.82, 2.24) is 0 Å². The third kappa shape index (κ3) is 8.87. The van der Waals surface area contributed by atoms with Gasteiger partial charge in [-0.2, -0.15) is 0 Å². The first-order chi connectivity index (χ1) is 2.27. The fourth-order valence-electron chi connectivity index (χ4n) is 0. The van der Waals surface area contributed by atoms with Gasteiger partial charge in [0.25, 0.3) is 0 Å². The second kappa shape index (κ2) is 5.91. The van der Waals surface area contributed by atoms with Gasteiger partial charge in [-0.25, -0.2) is 0 Å². The second-order valence-electron chi connectivity index (χ2n) is 1.51. The zero-order valence-corrected chi connectivity index (χ0v) is 8.09. The van der Waals surface area contributed by atoms with Crippen LogP contribution in [0.4, 0.5) is 0 Å². The maximum atomic E-state index is 2.28. The van der Waals surface area contributed by atoms with Crippen LogP contribution in [0.3, 0.4) is 0 Å². The van der Waals surface area contributed by atoms with Crippen molar-refractivity contribution in [2.45, 2.75) is 24.8 Å². The molecule has 0 fully saturated rings. The third-order valence-electron chi connectivity index (χ3n) is 0.697. The monoisotopic (exact) mass is 156 g/mol. The Hall–Kier alpha value is 0.913. The summed E-state index contributed by atoms with van der Waals surface area (Å²) >= 11 is 1.45. The molecule has 0 aliphatic rings. The van der Waals surface area contributed by atoms with Gasteiger partial charge in [0.1, 0.15) is 0 Å². The minimum absolute atomic E-state index is 0. The topological polar surface area (TPSA) is 0 Å². The average molecular weight is 158 g/mol. The van der Waals surface area contributed by atoms with Crippen LogP contribution in [0.5, 0.6) is 0 Å². The van der Waals surface area contributed by atoms with Crippen molar-refractivity contribution in [3.8, 4) is 0 Å². The van der Waals surface area contributed by atoms with Crippen LogP contribution in [-0.2, 0) is 18.3 Å². The van der Waals surface area contributed by atoms with Crippen molar-refractivity contribution in [1.29, 1.82) is 0 Å². The van der Waals surface area contributed by atoms with Crippen LogP contribution in [0.15, 0.2) is 0 Å². The molecule has 0 radical (unpaired) electrons. The van der Waals surface area contributed by atoms with E-state index in [1.165, 1.54) is 24.7 Å². The molecule has 0 rings (SSSR count). The predicted molar refractivity (Wildman–Crippen MR) is 19.7 cm³/mol. The maximum Gasteiger partial charge on any atom is -1.00 e. The Morgan fingerprint density at radius 2 is 1.83 bits per heavy atom. The van der Waals surface area contributed by atoms with Crippen LogP contribution >= 0.6 is 0 Å². The van der Waals surface area contributed by atoms with Crippen LogP contribution in [0.1, 0.15) is 20.3 Å². The molecular formula is C4H9ClZn. The van der Waals surface area contributed by atoms with Crippen LogP contribution in [0, 0.1) is 0 Å². The molecule has 1 atom stereocenters. The van der Waals surface area contributed by atoms with Crippen molar-refractivity contribution in [3.63, 3.8) is 0 Å². The SMILES string of the molecule is CC[CH](C)[Zn+].[Cl-]. The zero-order chi connectivity index (χ0) is 4.28. The molecule has 0 saturated heterocycles. The van der Waals surface area contributed by atoms with Gasteiger partial charge in [-0.15, -0.1) is 0 Å². The Kier molecular flexibility index (Phi) is 9.87. The molecule has 6 heavy (non-hydrogen) atoms. The molecule has 0 N–H and O–H groups in total. The van der Waals surface area contributed by atoms with Gasteiger partial charge in [0.2, 0.25) is 0 Å². The van der Waals surface area contributed by atoms with Gasteiger partial charge in [-0.1, -0.05) is 0 Å². The Balaban J connectivity index is 0. The summed E-state index contributed by atoms with van der Waals surface area (Å²) < 4.78 is 1.01. The van der Waals surface area contributed by atoms with Gasteiger partial charge < -0.3 is 12.4 Å². The van der Waals surface area contributed by atoms with Gasteiger partial charge in [0, 0.05) is 0 Å². The fourth-order valence-corrected chi connectivity index (χ4v) is 0. The molecule has 0 nitrogen and oxygen atoms in total. The van der Waals surface area contributed by atoms with Crippen molar-refractivity contribution in [2.24, 2.45) is 0 Å². The van der Waals surface area contributed by atoms with E-state index < -0.39 is 0 Å². The molecule has 34 valence electrons. The molecule has 0 aromatic heterocycles. The average Bonchev–Trinajstić information content (AvgIpc) is 1.38. The van der Waals surface area contributed by atoms with Crippen LogP contribution in [0.2, 0.25) is 4.51 Å². The van der Waals surface area contributed by atoms with Crippen molar-refractivity contribution in [3.05, 3.63) is 0 Å². The summed E-state index contributed by atoms with van der Waals surface area (Å²) in [7, 11) is 0. The van der Waals surface area contributed by atoms with E-state index in [4.69, 9.17) is 0 Å². The van der Waals surface area contributed by atoms with E-state index in [0.29, 0.717) is 0 Å². The number of hydrogen-bond donors (Lipinski definition) is 0. The molecule has 0 aromatic rings. The summed E-state index contributed by atoms with van der Waals surface area (Å²) in [6, 6.07) is 0. The van der Waals surface area contributed by atoms with Gasteiger partial charge in [0.15, 0.2) is 0 Å². The second-order valence-corrected chi connectivity index (χ2v) is 4.44. The number of hydrogen-bond acceptors (Lipinski definition) is 0. The molecule has 1 unspecified atom stereocenters. The number of halogens is 1. The Bertz CT molecular complexity index is 21.5. The summed E-state index contributed by atoms with van der Waals surface area (Å²) in [5.41, 5.74) is 0. The van der Waals surface area contributed by atoms with Crippen molar-refractivity contribution in [2.75, 3.05) is 0 Å². The van der Waals surface area contributed by atoms with E-state index >= 15 is 0 Å². The van der Waals surface area contributed by atoms with Crippen molar-refractivity contribution < 1.29 is 30.7 Å². The van der Waals surface area contributed by atoms with Crippen LogP contribution in [-0.4, -0.2) is 0 Å². The Labute approximate surface area is 55.8 Å². The molecule has 0 aliphatic heterocycles. The normalized spacial score (nSPS) is 12.7. The smallest absolute Gasteiger partial charge is 1.00 e. The van der Waals surface area contributed by atoms with Crippen LogP contribution in [0.25, 0.3) is 0 Å². The Morgan fingerprint density at radius 1 is 1.67 bits per heavy atom. The summed E-state index contributed by atoms with van der Waals surface area (Å²) in [4.78, 5) is 0. The molecule has 0 aromatic carbocycles. The van der Waals surface area contributed by atoms with Gasteiger partial charge in [-0.3, -0.25) is 0 Å². The van der Waals surface area contributed by atoms with E-state index in [1.54, 1.807) is 0 Å². The standard InChI is InChI=1S/C4H9.ClH.Zn/c1-3-4-2;;/h3H,4H2,1-2H3;1H;/q;;+1/p-1. The summed E-state index contributed by atoms with van der Waals surface area (Å²) in [5.74, 6) is 0. The molecule has 2 heteroatoms. The van der Waals surface area contributed by atoms with Crippen LogP contribution < -0.4 is 12.4 Å². The predicted octanol–water partition coefficient (Wildman–Crippen LogP) is -1.24. The molecule has 0 bridgehead atoms. The summed E-state index contributed by atoms with van der Waals surface area (Å²) in [6.45, 7) is 4.51. The first-order valence-electron chi connectivity index (χ1n) is 2.10. The number of rotatable bonds is 1. The van der Waals surface area contributed by atoms with E-state index in [1.807, 2.05) is 0 Å². The maximum absolute atomic E-state index is 2.28. The largest absolute Gasteiger partial charge is 1.00 e. The molecule has 0 aliphatic carbocycles.